The number of benzene rings is 1. The number of carbonyl (C=O) groups is 1. The van der Waals surface area contributed by atoms with Crippen molar-refractivity contribution in [2.24, 2.45) is 0 Å². The van der Waals surface area contributed by atoms with Crippen LogP contribution in [0.3, 0.4) is 0 Å². The third-order valence-corrected chi connectivity index (χ3v) is 8.14. The minimum atomic E-state index is -1.71. The summed E-state index contributed by atoms with van der Waals surface area (Å²) in [4.78, 5) is 16.0. The molecule has 4 aliphatic rings. The maximum absolute atomic E-state index is 13.5. The Labute approximate surface area is 212 Å². The minimum Gasteiger partial charge on any atom is -0.497 e. The number of esters is 1. The summed E-state index contributed by atoms with van der Waals surface area (Å²) >= 11 is 0. The van der Waals surface area contributed by atoms with Crippen molar-refractivity contribution in [3.63, 3.8) is 0 Å². The second-order valence-corrected chi connectivity index (χ2v) is 10.9. The summed E-state index contributed by atoms with van der Waals surface area (Å²) in [6.45, 7) is 7.08. The third kappa shape index (κ3) is 4.19. The molecule has 1 aromatic rings. The molecular weight excluding hydrogens is 462 g/mol. The van der Waals surface area contributed by atoms with Crippen molar-refractivity contribution in [1.29, 1.82) is 0 Å². The highest BCUT2D eigenvalue weighted by molar-refractivity contribution is 5.80. The lowest BCUT2D eigenvalue weighted by Crippen LogP contribution is -2.49. The van der Waals surface area contributed by atoms with E-state index in [0.29, 0.717) is 11.5 Å². The highest BCUT2D eigenvalue weighted by atomic mass is 16.7. The number of aliphatic hydroxyl groups is 2. The number of methoxy groups -OCH3 is 1. The van der Waals surface area contributed by atoms with E-state index >= 15 is 0 Å². The molecule has 5 rings (SSSR count). The number of ether oxygens (including phenoxy) is 4. The monoisotopic (exact) mass is 499 g/mol. The van der Waals surface area contributed by atoms with Gasteiger partial charge in [-0.15, -0.1) is 0 Å². The molecule has 1 spiro atoms. The molecule has 196 valence electrons. The van der Waals surface area contributed by atoms with Crippen LogP contribution in [-0.2, 0) is 20.7 Å². The molecule has 1 aliphatic carbocycles. The average Bonchev–Trinajstić information content (AvgIpc) is 3.51. The number of hydrogen-bond acceptors (Lipinski definition) is 8. The Bertz CT molecular complexity index is 1090. The summed E-state index contributed by atoms with van der Waals surface area (Å²) in [5.74, 6) is 1.17. The van der Waals surface area contributed by atoms with Crippen molar-refractivity contribution < 1.29 is 34.0 Å². The highest BCUT2D eigenvalue weighted by Crippen LogP contribution is 2.55. The normalized spacial score (nSPS) is 28.7. The van der Waals surface area contributed by atoms with E-state index in [1.807, 2.05) is 6.07 Å². The summed E-state index contributed by atoms with van der Waals surface area (Å²) in [5, 5.41) is 21.2. The van der Waals surface area contributed by atoms with E-state index in [4.69, 9.17) is 18.9 Å². The molecule has 2 N–H and O–H groups in total. The van der Waals surface area contributed by atoms with Gasteiger partial charge in [-0.1, -0.05) is 19.1 Å². The number of carbonyl (C=O) groups excluding carboxylic acids is 1. The topological polar surface area (TPSA) is 97.7 Å². The first-order valence-electron chi connectivity index (χ1n) is 12.9. The smallest absolute Gasteiger partial charge is 0.339 e. The van der Waals surface area contributed by atoms with Crippen LogP contribution in [0.1, 0.15) is 63.5 Å². The standard InChI is InChI=1S/C28H37NO7/c1-5-28(32,11-6-9-26(2,3)31)25(30)36-24-22(33-4)16-27-10-7-12-29(27)13-8-18-14-20-21(35-17-34-20)15-19(18)23(24)27/h6,9,14-16,23-24,31-32H,5,7-8,10-13,17H2,1-4H3/b9-6+/t23-,24-,27+,28+/m1/s1. The molecule has 1 saturated heterocycles. The fraction of sp³-hybridized carbons (Fsp3) is 0.607. The molecule has 4 atom stereocenters. The molecule has 0 bridgehead atoms. The second kappa shape index (κ2) is 9.08. The predicted molar refractivity (Wildman–Crippen MR) is 133 cm³/mol. The molecular formula is C28H37NO7. The highest BCUT2D eigenvalue weighted by Gasteiger charge is 2.58. The van der Waals surface area contributed by atoms with Gasteiger partial charge in [0, 0.05) is 13.0 Å². The molecule has 0 amide bonds. The first-order valence-corrected chi connectivity index (χ1v) is 12.9. The maximum Gasteiger partial charge on any atom is 0.339 e. The lowest BCUT2D eigenvalue weighted by molar-refractivity contribution is -0.172. The van der Waals surface area contributed by atoms with Gasteiger partial charge < -0.3 is 29.2 Å². The molecule has 1 fully saturated rings. The van der Waals surface area contributed by atoms with Gasteiger partial charge in [0.1, 0.15) is 5.76 Å². The molecule has 3 aliphatic heterocycles. The van der Waals surface area contributed by atoms with Crippen LogP contribution in [-0.4, -0.2) is 70.9 Å². The summed E-state index contributed by atoms with van der Waals surface area (Å²) < 4.78 is 23.4. The average molecular weight is 500 g/mol. The summed E-state index contributed by atoms with van der Waals surface area (Å²) in [6, 6.07) is 4.10. The Hall–Kier alpha value is -2.55. The fourth-order valence-corrected chi connectivity index (χ4v) is 6.23. The summed E-state index contributed by atoms with van der Waals surface area (Å²) in [6.07, 6.45) is 7.73. The number of rotatable bonds is 7. The van der Waals surface area contributed by atoms with Gasteiger partial charge in [-0.3, -0.25) is 4.90 Å². The van der Waals surface area contributed by atoms with E-state index in [1.165, 1.54) is 0 Å². The van der Waals surface area contributed by atoms with Crippen LogP contribution in [0.15, 0.2) is 36.1 Å². The predicted octanol–water partition coefficient (Wildman–Crippen LogP) is 3.20. The molecule has 0 aromatic heterocycles. The first-order chi connectivity index (χ1) is 17.1. The zero-order valence-corrected chi connectivity index (χ0v) is 21.6. The third-order valence-electron chi connectivity index (χ3n) is 8.14. The van der Waals surface area contributed by atoms with Gasteiger partial charge in [-0.05, 0) is 75.4 Å². The molecule has 8 nitrogen and oxygen atoms in total. The van der Waals surface area contributed by atoms with Gasteiger partial charge in [-0.2, -0.15) is 0 Å². The van der Waals surface area contributed by atoms with E-state index in [1.54, 1.807) is 40.0 Å². The zero-order chi connectivity index (χ0) is 25.7. The zero-order valence-electron chi connectivity index (χ0n) is 21.6. The maximum atomic E-state index is 13.5. The Morgan fingerprint density at radius 3 is 2.69 bits per heavy atom. The molecule has 0 unspecified atom stereocenters. The van der Waals surface area contributed by atoms with Crippen molar-refractivity contribution >= 4 is 5.97 Å². The van der Waals surface area contributed by atoms with Crippen molar-refractivity contribution in [2.45, 2.75) is 81.6 Å². The van der Waals surface area contributed by atoms with Crippen LogP contribution in [0.5, 0.6) is 11.5 Å². The van der Waals surface area contributed by atoms with E-state index in [0.717, 1.165) is 49.2 Å². The van der Waals surface area contributed by atoms with E-state index < -0.39 is 23.3 Å². The molecule has 36 heavy (non-hydrogen) atoms. The van der Waals surface area contributed by atoms with Gasteiger partial charge in [-0.25, -0.2) is 4.79 Å². The molecule has 8 heteroatoms. The Balaban J connectivity index is 1.52. The van der Waals surface area contributed by atoms with Crippen LogP contribution in [0.2, 0.25) is 0 Å². The number of nitrogens with zero attached hydrogens (tertiary/aromatic N) is 1. The van der Waals surface area contributed by atoms with Gasteiger partial charge >= 0.3 is 5.97 Å². The van der Waals surface area contributed by atoms with Crippen LogP contribution >= 0.6 is 0 Å². The lowest BCUT2D eigenvalue weighted by atomic mass is 9.77. The largest absolute Gasteiger partial charge is 0.497 e. The summed E-state index contributed by atoms with van der Waals surface area (Å²) in [7, 11) is 1.60. The van der Waals surface area contributed by atoms with E-state index in [-0.39, 0.29) is 31.1 Å². The van der Waals surface area contributed by atoms with Gasteiger partial charge in [0.05, 0.1) is 24.2 Å². The molecule has 0 radical (unpaired) electrons. The molecule has 3 heterocycles. The second-order valence-electron chi connectivity index (χ2n) is 10.9. The van der Waals surface area contributed by atoms with Crippen LogP contribution < -0.4 is 9.47 Å². The molecule has 1 aromatic carbocycles. The lowest BCUT2D eigenvalue weighted by Gasteiger charge is -2.39. The first kappa shape index (κ1) is 25.1. The van der Waals surface area contributed by atoms with E-state index in [2.05, 4.69) is 17.0 Å². The summed E-state index contributed by atoms with van der Waals surface area (Å²) in [5.41, 5.74) is -0.853. The fourth-order valence-electron chi connectivity index (χ4n) is 6.23. The van der Waals surface area contributed by atoms with Gasteiger partial charge in [0.15, 0.2) is 23.2 Å². The van der Waals surface area contributed by atoms with Crippen molar-refractivity contribution in [3.05, 3.63) is 47.2 Å². The quantitative estimate of drug-likeness (QED) is 0.436. The Morgan fingerprint density at radius 2 is 2.00 bits per heavy atom. The Kier molecular flexibility index (Phi) is 6.34. The molecule has 0 saturated carbocycles. The number of fused-ring (bicyclic) bond motifs is 3. The van der Waals surface area contributed by atoms with Gasteiger partial charge in [0.2, 0.25) is 6.79 Å². The van der Waals surface area contributed by atoms with Crippen molar-refractivity contribution in [2.75, 3.05) is 27.0 Å². The van der Waals surface area contributed by atoms with Crippen LogP contribution in [0, 0.1) is 0 Å². The van der Waals surface area contributed by atoms with Gasteiger partial charge in [0.25, 0.3) is 0 Å². The minimum absolute atomic E-state index is 0.0439. The SMILES string of the molecule is CC[C@](O)(C/C=C/C(C)(C)O)C(=O)O[C@@H]1C(OC)=C[C@]23CCCN2CCc2cc4c(cc2[C@H]13)OCO4. The van der Waals surface area contributed by atoms with Crippen LogP contribution in [0.4, 0.5) is 0 Å². The van der Waals surface area contributed by atoms with E-state index in [9.17, 15) is 15.0 Å². The van der Waals surface area contributed by atoms with Crippen molar-refractivity contribution in [3.8, 4) is 11.5 Å². The van der Waals surface area contributed by atoms with Crippen LogP contribution in [0.25, 0.3) is 0 Å². The number of hydrogen-bond donors (Lipinski definition) is 2. The van der Waals surface area contributed by atoms with Crippen molar-refractivity contribution in [1.82, 2.24) is 4.90 Å². The Morgan fingerprint density at radius 1 is 1.25 bits per heavy atom.